The van der Waals surface area contributed by atoms with Crippen LogP contribution in [-0.4, -0.2) is 32.1 Å². The number of rotatable bonds is 6. The molecule has 0 aliphatic carbocycles. The maximum absolute atomic E-state index is 12.0. The summed E-state index contributed by atoms with van der Waals surface area (Å²) in [6, 6.07) is 9.44. The minimum Gasteiger partial charge on any atom is -0.469 e. The molecule has 0 atom stereocenters. The van der Waals surface area contributed by atoms with Crippen LogP contribution in [0.15, 0.2) is 36.4 Å². The van der Waals surface area contributed by atoms with Crippen molar-refractivity contribution >= 4 is 29.2 Å². The number of hydrogen-bond donors (Lipinski definition) is 2. The molecule has 0 fully saturated rings. The zero-order valence-corrected chi connectivity index (χ0v) is 15.2. The maximum Gasteiger partial charge on any atom is 0.340 e. The van der Waals surface area contributed by atoms with Crippen molar-refractivity contribution in [1.82, 2.24) is 0 Å². The predicted molar refractivity (Wildman–Crippen MR) is 98.7 cm³/mol. The summed E-state index contributed by atoms with van der Waals surface area (Å²) in [5, 5.41) is 2.56. The van der Waals surface area contributed by atoms with Crippen molar-refractivity contribution in [2.24, 2.45) is 0 Å². The van der Waals surface area contributed by atoms with Crippen molar-refractivity contribution in [2.45, 2.75) is 13.3 Å². The molecule has 0 saturated heterocycles. The number of carbonyl (C=O) groups excluding carboxylic acids is 3. The molecule has 8 heteroatoms. The second kappa shape index (κ2) is 8.70. The van der Waals surface area contributed by atoms with Gasteiger partial charge in [-0.05, 0) is 42.0 Å². The lowest BCUT2D eigenvalue weighted by atomic mass is 10.1. The van der Waals surface area contributed by atoms with E-state index in [2.05, 4.69) is 10.1 Å². The summed E-state index contributed by atoms with van der Waals surface area (Å²) in [5.41, 5.74) is 7.32. The Morgan fingerprint density at radius 3 is 2.30 bits per heavy atom. The number of nitrogen functional groups attached to an aromatic ring is 1. The number of methoxy groups -OCH3 is 2. The third-order valence-electron chi connectivity index (χ3n) is 3.62. The summed E-state index contributed by atoms with van der Waals surface area (Å²) < 4.78 is 15.1. The highest BCUT2D eigenvalue weighted by Crippen LogP contribution is 2.29. The van der Waals surface area contributed by atoms with Gasteiger partial charge in [-0.25, -0.2) is 4.79 Å². The minimum atomic E-state index is -0.618. The van der Waals surface area contributed by atoms with Gasteiger partial charge in [0.2, 0.25) is 5.91 Å². The van der Waals surface area contributed by atoms with Crippen LogP contribution in [0.5, 0.6) is 11.5 Å². The summed E-state index contributed by atoms with van der Waals surface area (Å²) in [6.45, 7) is 1.34. The van der Waals surface area contributed by atoms with Crippen molar-refractivity contribution in [3.8, 4) is 11.5 Å². The minimum absolute atomic E-state index is 0.00835. The molecule has 8 nitrogen and oxygen atoms in total. The van der Waals surface area contributed by atoms with Crippen molar-refractivity contribution < 1.29 is 28.6 Å². The van der Waals surface area contributed by atoms with Gasteiger partial charge in [0.25, 0.3) is 0 Å². The van der Waals surface area contributed by atoms with E-state index in [4.69, 9.17) is 15.2 Å². The molecule has 3 N–H and O–H groups in total. The lowest BCUT2D eigenvalue weighted by molar-refractivity contribution is -0.139. The molecule has 2 aromatic carbocycles. The van der Waals surface area contributed by atoms with E-state index in [1.54, 1.807) is 24.3 Å². The van der Waals surface area contributed by atoms with E-state index in [1.807, 2.05) is 0 Å². The van der Waals surface area contributed by atoms with Gasteiger partial charge in [0.05, 0.1) is 31.9 Å². The monoisotopic (exact) mass is 372 g/mol. The van der Waals surface area contributed by atoms with Gasteiger partial charge >= 0.3 is 11.9 Å². The normalized spacial score (nSPS) is 10.0. The molecule has 2 rings (SSSR count). The number of benzene rings is 2. The Balaban J connectivity index is 2.31. The molecule has 0 aliphatic rings. The first-order valence-corrected chi connectivity index (χ1v) is 7.97. The van der Waals surface area contributed by atoms with Gasteiger partial charge in [-0.3, -0.25) is 9.59 Å². The van der Waals surface area contributed by atoms with E-state index in [1.165, 1.54) is 33.3 Å². The summed E-state index contributed by atoms with van der Waals surface area (Å²) >= 11 is 0. The van der Waals surface area contributed by atoms with E-state index in [0.717, 1.165) is 0 Å². The third-order valence-corrected chi connectivity index (χ3v) is 3.62. The number of anilines is 2. The van der Waals surface area contributed by atoms with Crippen molar-refractivity contribution in [2.75, 3.05) is 25.3 Å². The van der Waals surface area contributed by atoms with E-state index >= 15 is 0 Å². The van der Waals surface area contributed by atoms with Crippen LogP contribution in [0, 0.1) is 0 Å². The van der Waals surface area contributed by atoms with Crippen LogP contribution in [0.4, 0.5) is 11.4 Å². The average Bonchev–Trinajstić information content (AvgIpc) is 2.64. The Morgan fingerprint density at radius 2 is 1.67 bits per heavy atom. The van der Waals surface area contributed by atoms with Gasteiger partial charge in [0.1, 0.15) is 11.5 Å². The molecule has 0 heterocycles. The summed E-state index contributed by atoms with van der Waals surface area (Å²) in [6.07, 6.45) is 0.00835. The first-order valence-electron chi connectivity index (χ1n) is 7.97. The summed E-state index contributed by atoms with van der Waals surface area (Å²) in [4.78, 5) is 34.7. The zero-order chi connectivity index (χ0) is 20.0. The van der Waals surface area contributed by atoms with Crippen molar-refractivity contribution in [1.29, 1.82) is 0 Å². The fraction of sp³-hybridized carbons (Fsp3) is 0.211. The average molecular weight is 372 g/mol. The fourth-order valence-electron chi connectivity index (χ4n) is 2.33. The highest BCUT2D eigenvalue weighted by atomic mass is 16.5. The standard InChI is InChI=1S/C19H20N2O6/c1-11(22)21-17-7-5-14(10-15(17)19(24)26-3)27-13-4-6-16(20)12(8-13)9-18(23)25-2/h4-8,10H,9,20H2,1-3H3,(H,21,22). The molecular formula is C19H20N2O6. The van der Waals surface area contributed by atoms with E-state index in [9.17, 15) is 14.4 Å². The number of esters is 2. The van der Waals surface area contributed by atoms with E-state index in [-0.39, 0.29) is 17.9 Å². The maximum atomic E-state index is 12.0. The molecule has 0 unspecified atom stereocenters. The van der Waals surface area contributed by atoms with Crippen molar-refractivity contribution in [3.05, 3.63) is 47.5 Å². The van der Waals surface area contributed by atoms with Crippen molar-refractivity contribution in [3.63, 3.8) is 0 Å². The molecule has 2 aromatic rings. The van der Waals surface area contributed by atoms with E-state index < -0.39 is 11.9 Å². The van der Waals surface area contributed by atoms with Crippen LogP contribution in [0.1, 0.15) is 22.8 Å². The van der Waals surface area contributed by atoms with Gasteiger partial charge in [-0.1, -0.05) is 0 Å². The molecular weight excluding hydrogens is 352 g/mol. The second-order valence-corrected chi connectivity index (χ2v) is 5.60. The largest absolute Gasteiger partial charge is 0.469 e. The number of nitrogens with one attached hydrogen (secondary N) is 1. The second-order valence-electron chi connectivity index (χ2n) is 5.60. The van der Waals surface area contributed by atoms with Gasteiger partial charge in [0.15, 0.2) is 0 Å². The van der Waals surface area contributed by atoms with E-state index in [0.29, 0.717) is 28.4 Å². The van der Waals surface area contributed by atoms with Crippen LogP contribution < -0.4 is 15.8 Å². The molecule has 0 aliphatic heterocycles. The molecule has 142 valence electrons. The van der Waals surface area contributed by atoms with Gasteiger partial charge < -0.3 is 25.3 Å². The third kappa shape index (κ3) is 5.21. The molecule has 0 radical (unpaired) electrons. The lowest BCUT2D eigenvalue weighted by Crippen LogP contribution is -2.12. The molecule has 27 heavy (non-hydrogen) atoms. The smallest absolute Gasteiger partial charge is 0.340 e. The molecule has 0 saturated carbocycles. The lowest BCUT2D eigenvalue weighted by Gasteiger charge is -2.13. The fourth-order valence-corrected chi connectivity index (χ4v) is 2.33. The van der Waals surface area contributed by atoms with Crippen LogP contribution in [-0.2, 0) is 25.5 Å². The Labute approximate surface area is 156 Å². The Bertz CT molecular complexity index is 878. The number of nitrogens with two attached hydrogens (primary N) is 1. The quantitative estimate of drug-likeness (QED) is 0.591. The van der Waals surface area contributed by atoms with Crippen LogP contribution >= 0.6 is 0 Å². The SMILES string of the molecule is COC(=O)Cc1cc(Oc2ccc(NC(C)=O)c(C(=O)OC)c2)ccc1N. The van der Waals surface area contributed by atoms with Crippen LogP contribution in [0.2, 0.25) is 0 Å². The molecule has 1 amide bonds. The highest BCUT2D eigenvalue weighted by molar-refractivity contribution is 6.01. The predicted octanol–water partition coefficient (Wildman–Crippen LogP) is 2.52. The van der Waals surface area contributed by atoms with Crippen LogP contribution in [0.3, 0.4) is 0 Å². The van der Waals surface area contributed by atoms with Gasteiger partial charge in [0, 0.05) is 12.6 Å². The van der Waals surface area contributed by atoms with Crippen LogP contribution in [0.25, 0.3) is 0 Å². The molecule has 0 bridgehead atoms. The number of ether oxygens (including phenoxy) is 3. The number of carbonyl (C=O) groups is 3. The Kier molecular flexibility index (Phi) is 6.37. The Morgan fingerprint density at radius 1 is 1.00 bits per heavy atom. The highest BCUT2D eigenvalue weighted by Gasteiger charge is 2.15. The van der Waals surface area contributed by atoms with Gasteiger partial charge in [-0.15, -0.1) is 0 Å². The molecule has 0 aromatic heterocycles. The zero-order valence-electron chi connectivity index (χ0n) is 15.2. The first-order chi connectivity index (χ1) is 12.8. The topological polar surface area (TPSA) is 117 Å². The summed E-state index contributed by atoms with van der Waals surface area (Å²) in [5.74, 6) is -0.594. The summed E-state index contributed by atoms with van der Waals surface area (Å²) in [7, 11) is 2.54. The number of hydrogen-bond acceptors (Lipinski definition) is 7. The molecule has 0 spiro atoms. The number of amides is 1. The first kappa shape index (κ1) is 19.8. The Hall–Kier alpha value is -3.55. The van der Waals surface area contributed by atoms with Gasteiger partial charge in [-0.2, -0.15) is 0 Å².